The maximum Gasteiger partial charge on any atom is 0.342 e. The molecule has 28 heavy (non-hydrogen) atoms. The minimum absolute atomic E-state index is 0.0577. The van der Waals surface area contributed by atoms with Gasteiger partial charge in [-0.1, -0.05) is 11.6 Å². The summed E-state index contributed by atoms with van der Waals surface area (Å²) in [4.78, 5) is 42.4. The topological polar surface area (TPSA) is 140 Å². The number of rotatable bonds is 7. The SMILES string of the molecule is COC(=O)C(CC(C)=CCc1c(O)c2c(c(C)c1OC)COC2=O)P(=O)(O)O. The summed E-state index contributed by atoms with van der Waals surface area (Å²) in [5.74, 6) is -1.47. The van der Waals surface area contributed by atoms with Crippen molar-refractivity contribution < 1.29 is 43.3 Å². The van der Waals surface area contributed by atoms with Crippen LogP contribution >= 0.6 is 7.60 Å². The number of esters is 2. The maximum absolute atomic E-state index is 11.9. The molecule has 154 valence electrons. The Balaban J connectivity index is 2.36. The molecule has 0 amide bonds. The molecule has 0 bridgehead atoms. The van der Waals surface area contributed by atoms with E-state index in [9.17, 15) is 29.0 Å². The van der Waals surface area contributed by atoms with Gasteiger partial charge in [0.1, 0.15) is 23.7 Å². The second-order valence-electron chi connectivity index (χ2n) is 6.50. The van der Waals surface area contributed by atoms with E-state index in [1.54, 1.807) is 19.9 Å². The Labute approximate surface area is 162 Å². The van der Waals surface area contributed by atoms with E-state index < -0.39 is 25.2 Å². The fraction of sp³-hybridized carbons (Fsp3) is 0.444. The first-order chi connectivity index (χ1) is 13.0. The summed E-state index contributed by atoms with van der Waals surface area (Å²) in [5.41, 5.74) is 0.576. The van der Waals surface area contributed by atoms with Crippen LogP contribution < -0.4 is 4.74 Å². The highest BCUT2D eigenvalue weighted by molar-refractivity contribution is 7.53. The highest BCUT2D eigenvalue weighted by Crippen LogP contribution is 2.45. The van der Waals surface area contributed by atoms with Crippen molar-refractivity contribution in [1.82, 2.24) is 0 Å². The molecular weight excluding hydrogens is 391 g/mol. The molecule has 0 aromatic heterocycles. The Kier molecular flexibility index (Phi) is 6.54. The molecule has 0 radical (unpaired) electrons. The summed E-state index contributed by atoms with van der Waals surface area (Å²) in [7, 11) is -2.21. The zero-order valence-corrected chi connectivity index (χ0v) is 16.9. The van der Waals surface area contributed by atoms with Crippen LogP contribution in [0.15, 0.2) is 11.6 Å². The monoisotopic (exact) mass is 414 g/mol. The fourth-order valence-electron chi connectivity index (χ4n) is 3.17. The van der Waals surface area contributed by atoms with Crippen LogP contribution in [0.4, 0.5) is 0 Å². The lowest BCUT2D eigenvalue weighted by atomic mass is 9.94. The molecule has 3 N–H and O–H groups in total. The van der Waals surface area contributed by atoms with Crippen LogP contribution in [-0.4, -0.2) is 46.7 Å². The van der Waals surface area contributed by atoms with Gasteiger partial charge in [-0.3, -0.25) is 9.36 Å². The van der Waals surface area contributed by atoms with Crippen molar-refractivity contribution in [3.8, 4) is 11.5 Å². The van der Waals surface area contributed by atoms with Crippen LogP contribution in [0.5, 0.6) is 11.5 Å². The zero-order valence-electron chi connectivity index (χ0n) is 16.0. The summed E-state index contributed by atoms with van der Waals surface area (Å²) in [6, 6.07) is 0. The molecule has 1 atom stereocenters. The van der Waals surface area contributed by atoms with Gasteiger partial charge in [-0.25, -0.2) is 4.79 Å². The third kappa shape index (κ3) is 4.22. The van der Waals surface area contributed by atoms with Gasteiger partial charge < -0.3 is 29.1 Å². The molecule has 1 unspecified atom stereocenters. The van der Waals surface area contributed by atoms with Crippen molar-refractivity contribution in [3.63, 3.8) is 0 Å². The highest BCUT2D eigenvalue weighted by atomic mass is 31.2. The average Bonchev–Trinajstić information content (AvgIpc) is 3.02. The van der Waals surface area contributed by atoms with Gasteiger partial charge in [-0.15, -0.1) is 0 Å². The van der Waals surface area contributed by atoms with Gasteiger partial charge in [0, 0.05) is 11.1 Å². The quantitative estimate of drug-likeness (QED) is 0.347. The number of hydrogen-bond donors (Lipinski definition) is 3. The van der Waals surface area contributed by atoms with E-state index in [2.05, 4.69) is 4.74 Å². The van der Waals surface area contributed by atoms with E-state index in [0.717, 1.165) is 7.11 Å². The number of phenols is 1. The van der Waals surface area contributed by atoms with Crippen molar-refractivity contribution in [3.05, 3.63) is 33.9 Å². The van der Waals surface area contributed by atoms with E-state index in [4.69, 9.17) is 9.47 Å². The fourth-order valence-corrected chi connectivity index (χ4v) is 4.07. The van der Waals surface area contributed by atoms with Crippen LogP contribution in [0.2, 0.25) is 0 Å². The van der Waals surface area contributed by atoms with Crippen LogP contribution in [0, 0.1) is 6.92 Å². The number of aromatic hydroxyl groups is 1. The first-order valence-electron chi connectivity index (χ1n) is 8.39. The third-order valence-corrected chi connectivity index (χ3v) is 5.90. The standard InChI is InChI=1S/C18H23O9P/c1-9(7-13(17(20)26-4)28(22,23)24)5-6-11-15(19)14-12(8-27-18(14)21)10(2)16(11)25-3/h5,13,19H,6-8H2,1-4H3,(H2,22,23,24). The number of phenolic OH excluding ortho intramolecular Hbond substituents is 1. The molecule has 2 rings (SSSR count). The second-order valence-corrected chi connectivity index (χ2v) is 8.30. The van der Waals surface area contributed by atoms with Crippen molar-refractivity contribution in [1.29, 1.82) is 0 Å². The van der Waals surface area contributed by atoms with E-state index in [0.29, 0.717) is 28.0 Å². The summed E-state index contributed by atoms with van der Waals surface area (Å²) >= 11 is 0. The molecule has 0 spiro atoms. The Morgan fingerprint density at radius 1 is 1.36 bits per heavy atom. The van der Waals surface area contributed by atoms with Gasteiger partial charge in [0.15, 0.2) is 5.66 Å². The number of cyclic esters (lactones) is 1. The molecule has 0 saturated heterocycles. The maximum atomic E-state index is 11.9. The smallest absolute Gasteiger partial charge is 0.342 e. The molecular formula is C18H23O9P. The Bertz CT molecular complexity index is 882. The van der Waals surface area contributed by atoms with Gasteiger partial charge in [0.05, 0.1) is 14.2 Å². The molecule has 1 aromatic rings. The third-order valence-electron chi connectivity index (χ3n) is 4.70. The van der Waals surface area contributed by atoms with Gasteiger partial charge in [-0.05, 0) is 32.3 Å². The van der Waals surface area contributed by atoms with Crippen molar-refractivity contribution in [2.45, 2.75) is 39.0 Å². The van der Waals surface area contributed by atoms with Gasteiger partial charge in [0.2, 0.25) is 0 Å². The van der Waals surface area contributed by atoms with E-state index >= 15 is 0 Å². The van der Waals surface area contributed by atoms with Crippen molar-refractivity contribution >= 4 is 19.5 Å². The van der Waals surface area contributed by atoms with Crippen LogP contribution in [-0.2, 0) is 31.9 Å². The van der Waals surface area contributed by atoms with Gasteiger partial charge >= 0.3 is 19.5 Å². The zero-order chi connectivity index (χ0) is 21.2. The molecule has 0 aliphatic carbocycles. The number of benzene rings is 1. The number of carbonyl (C=O) groups excluding carboxylic acids is 2. The minimum atomic E-state index is -4.70. The lowest BCUT2D eigenvalue weighted by Gasteiger charge is -2.17. The Morgan fingerprint density at radius 2 is 2.00 bits per heavy atom. The van der Waals surface area contributed by atoms with Crippen LogP contribution in [0.3, 0.4) is 0 Å². The summed E-state index contributed by atoms with van der Waals surface area (Å²) in [6.07, 6.45) is 1.51. The van der Waals surface area contributed by atoms with Crippen molar-refractivity contribution in [2.75, 3.05) is 14.2 Å². The first kappa shape index (κ1) is 21.9. The lowest BCUT2D eigenvalue weighted by Crippen LogP contribution is -2.22. The number of methoxy groups -OCH3 is 2. The minimum Gasteiger partial charge on any atom is -0.507 e. The summed E-state index contributed by atoms with van der Waals surface area (Å²) in [5, 5.41) is 10.6. The summed E-state index contributed by atoms with van der Waals surface area (Å²) in [6.45, 7) is 3.41. The number of ether oxygens (including phenoxy) is 3. The first-order valence-corrected chi connectivity index (χ1v) is 10.1. The van der Waals surface area contributed by atoms with E-state index in [-0.39, 0.29) is 30.8 Å². The lowest BCUT2D eigenvalue weighted by molar-refractivity contribution is -0.140. The second kappa shape index (κ2) is 8.34. The number of carbonyl (C=O) groups is 2. The number of hydrogen-bond acceptors (Lipinski definition) is 7. The number of fused-ring (bicyclic) bond motifs is 1. The molecule has 1 heterocycles. The Morgan fingerprint density at radius 3 is 2.54 bits per heavy atom. The van der Waals surface area contributed by atoms with Gasteiger partial charge in [0.25, 0.3) is 0 Å². The normalized spacial score (nSPS) is 15.1. The molecule has 0 fully saturated rings. The summed E-state index contributed by atoms with van der Waals surface area (Å²) < 4.78 is 26.4. The predicted molar refractivity (Wildman–Crippen MR) is 98.4 cm³/mol. The average molecular weight is 414 g/mol. The molecule has 1 aromatic carbocycles. The Hall–Kier alpha value is -2.35. The van der Waals surface area contributed by atoms with Crippen molar-refractivity contribution in [2.24, 2.45) is 0 Å². The van der Waals surface area contributed by atoms with E-state index in [1.807, 2.05) is 0 Å². The highest BCUT2D eigenvalue weighted by Gasteiger charge is 2.37. The predicted octanol–water partition coefficient (Wildman–Crippen LogP) is 1.98. The molecule has 10 heteroatoms. The molecule has 0 saturated carbocycles. The van der Waals surface area contributed by atoms with Crippen LogP contribution in [0.1, 0.15) is 40.4 Å². The molecule has 1 aliphatic heterocycles. The largest absolute Gasteiger partial charge is 0.507 e. The van der Waals surface area contributed by atoms with E-state index in [1.165, 1.54) is 7.11 Å². The molecule has 9 nitrogen and oxygen atoms in total. The van der Waals surface area contributed by atoms with Crippen LogP contribution in [0.25, 0.3) is 0 Å². The number of allylic oxidation sites excluding steroid dienone is 2. The molecule has 1 aliphatic rings. The van der Waals surface area contributed by atoms with Gasteiger partial charge in [-0.2, -0.15) is 0 Å².